The molecule has 5 nitrogen and oxygen atoms in total. The fraction of sp³-hybridized carbons (Fsp3) is 0.308. The van der Waals surface area contributed by atoms with E-state index in [2.05, 4.69) is 36.9 Å². The second-order valence-electron chi connectivity index (χ2n) is 8.50. The fourth-order valence-corrected chi connectivity index (χ4v) is 5.43. The molecule has 0 aromatic heterocycles. The molecule has 4 atom stereocenters. The average Bonchev–Trinajstić information content (AvgIpc) is 3.08. The van der Waals surface area contributed by atoms with E-state index in [-0.39, 0.29) is 24.5 Å². The number of rotatable bonds is 5. The minimum Gasteiger partial charge on any atom is -0.457 e. The highest BCUT2D eigenvalue weighted by atomic mass is 16.5. The maximum Gasteiger partial charge on any atom is 0.355 e. The molecule has 158 valence electrons. The minimum absolute atomic E-state index is 0.0265. The maximum atomic E-state index is 13.0. The summed E-state index contributed by atoms with van der Waals surface area (Å²) in [6.45, 7) is 5.35. The first-order valence-corrected chi connectivity index (χ1v) is 10.7. The number of ether oxygens (including phenoxy) is 1. The Morgan fingerprint density at radius 1 is 1.26 bits per heavy atom. The Labute approximate surface area is 181 Å². The van der Waals surface area contributed by atoms with Gasteiger partial charge in [0.2, 0.25) is 5.91 Å². The number of aliphatic hydroxyl groups excluding tert-OH is 1. The number of aryl methyl sites for hydroxylation is 1. The summed E-state index contributed by atoms with van der Waals surface area (Å²) in [5.41, 5.74) is 5.68. The van der Waals surface area contributed by atoms with Crippen LogP contribution < -0.4 is 0 Å². The lowest BCUT2D eigenvalue weighted by atomic mass is 9.70. The number of hydrogen-bond acceptors (Lipinski definition) is 4. The van der Waals surface area contributed by atoms with Gasteiger partial charge in [0.1, 0.15) is 12.3 Å². The molecule has 0 bridgehead atoms. The predicted molar refractivity (Wildman–Crippen MR) is 118 cm³/mol. The molecule has 2 aromatic rings. The molecular formula is C26H25NO4. The lowest BCUT2D eigenvalue weighted by Gasteiger charge is -2.47. The van der Waals surface area contributed by atoms with Crippen molar-refractivity contribution < 1.29 is 19.4 Å². The van der Waals surface area contributed by atoms with Crippen LogP contribution in [-0.2, 0) is 20.7 Å². The summed E-state index contributed by atoms with van der Waals surface area (Å²) in [5, 5.41) is 10.2. The zero-order chi connectivity index (χ0) is 21.7. The molecule has 0 spiro atoms. The lowest BCUT2D eigenvalue weighted by Crippen LogP contribution is -2.64. The van der Waals surface area contributed by atoms with E-state index in [4.69, 9.17) is 4.74 Å². The van der Waals surface area contributed by atoms with Crippen LogP contribution in [0, 0.1) is 11.8 Å². The van der Waals surface area contributed by atoms with Gasteiger partial charge in [0, 0.05) is 5.92 Å². The molecule has 5 heteroatoms. The first-order valence-electron chi connectivity index (χ1n) is 10.7. The Bertz CT molecular complexity index is 1100. The smallest absolute Gasteiger partial charge is 0.355 e. The molecule has 1 aliphatic carbocycles. The van der Waals surface area contributed by atoms with E-state index in [0.29, 0.717) is 5.70 Å². The van der Waals surface area contributed by atoms with Crippen molar-refractivity contribution >= 4 is 17.4 Å². The molecule has 1 saturated heterocycles. The topological polar surface area (TPSA) is 66.8 Å². The quantitative estimate of drug-likeness (QED) is 0.461. The number of fused-ring (bicyclic) bond motifs is 5. The largest absolute Gasteiger partial charge is 0.457 e. The zero-order valence-electron chi connectivity index (χ0n) is 17.5. The number of carbonyl (C=O) groups is 2. The summed E-state index contributed by atoms with van der Waals surface area (Å²) in [6.07, 6.45) is 2.46. The summed E-state index contributed by atoms with van der Waals surface area (Å²) < 4.78 is 5.36. The van der Waals surface area contributed by atoms with E-state index < -0.39 is 18.0 Å². The van der Waals surface area contributed by atoms with E-state index >= 15 is 0 Å². The van der Waals surface area contributed by atoms with Crippen molar-refractivity contribution in [3.8, 4) is 11.1 Å². The first-order chi connectivity index (χ1) is 15.0. The highest BCUT2D eigenvalue weighted by Gasteiger charge is 2.61. The third-order valence-electron chi connectivity index (χ3n) is 6.74. The van der Waals surface area contributed by atoms with Gasteiger partial charge in [-0.15, -0.1) is 0 Å². The van der Waals surface area contributed by atoms with Crippen LogP contribution in [0.15, 0.2) is 66.9 Å². The number of carbonyl (C=O) groups excluding carboxylic acids is 2. The molecule has 2 heterocycles. The fourth-order valence-electron chi connectivity index (χ4n) is 5.43. The van der Waals surface area contributed by atoms with Crippen LogP contribution in [0.5, 0.6) is 0 Å². The predicted octanol–water partition coefficient (Wildman–Crippen LogP) is 3.58. The monoisotopic (exact) mass is 415 g/mol. The molecule has 2 aliphatic heterocycles. The molecule has 1 amide bonds. The van der Waals surface area contributed by atoms with Crippen molar-refractivity contribution in [2.24, 2.45) is 11.8 Å². The van der Waals surface area contributed by atoms with Crippen molar-refractivity contribution in [2.75, 3.05) is 6.61 Å². The van der Waals surface area contributed by atoms with E-state index in [9.17, 15) is 14.7 Å². The van der Waals surface area contributed by atoms with Crippen LogP contribution in [0.3, 0.4) is 0 Å². The molecule has 5 rings (SSSR count). The second-order valence-corrected chi connectivity index (χ2v) is 8.50. The summed E-state index contributed by atoms with van der Waals surface area (Å²) in [5.74, 6) is -1.15. The molecule has 1 fully saturated rings. The van der Waals surface area contributed by atoms with Crippen LogP contribution >= 0.6 is 0 Å². The number of β-lactam (4-membered cyclic amide) rings is 1. The third-order valence-corrected chi connectivity index (χ3v) is 6.74. The van der Waals surface area contributed by atoms with Crippen molar-refractivity contribution in [3.05, 3.63) is 78.0 Å². The SMILES string of the molecule is C=CCOC(=O)C1=C2c3ccc(-c4ccccc4)cc3CC[C@@H]2C2C(C(C)O)C(=O)N12. The molecule has 0 radical (unpaired) electrons. The van der Waals surface area contributed by atoms with Gasteiger partial charge in [-0.05, 0) is 47.6 Å². The van der Waals surface area contributed by atoms with Gasteiger partial charge in [-0.2, -0.15) is 0 Å². The van der Waals surface area contributed by atoms with Crippen molar-refractivity contribution in [2.45, 2.75) is 31.9 Å². The average molecular weight is 415 g/mol. The molecule has 3 aliphatic rings. The summed E-state index contributed by atoms with van der Waals surface area (Å²) in [4.78, 5) is 27.4. The van der Waals surface area contributed by atoms with Gasteiger partial charge in [-0.25, -0.2) is 4.79 Å². The number of benzene rings is 2. The number of esters is 1. The van der Waals surface area contributed by atoms with Gasteiger partial charge in [0.15, 0.2) is 0 Å². The van der Waals surface area contributed by atoms with Gasteiger partial charge < -0.3 is 14.7 Å². The Morgan fingerprint density at radius 2 is 2.03 bits per heavy atom. The van der Waals surface area contributed by atoms with Crippen molar-refractivity contribution in [1.29, 1.82) is 0 Å². The van der Waals surface area contributed by atoms with Gasteiger partial charge in [0.05, 0.1) is 18.1 Å². The normalized spacial score (nSPS) is 24.6. The third kappa shape index (κ3) is 2.95. The molecule has 2 aromatic carbocycles. The molecule has 1 N–H and O–H groups in total. The standard InChI is InChI=1S/C26H25NO4/c1-3-13-31-26(30)24-22-19-11-9-17(16-7-5-4-6-8-16)14-18(19)10-12-20(22)23-21(15(2)28)25(29)27(23)24/h3-9,11,14-15,20-21,23,28H,1,10,12-13H2,2H3/t15?,20-,21?,23?/m0/s1. The number of nitrogens with zero attached hydrogens (tertiary/aromatic N) is 1. The summed E-state index contributed by atoms with van der Waals surface area (Å²) >= 11 is 0. The van der Waals surface area contributed by atoms with Crippen molar-refractivity contribution in [1.82, 2.24) is 4.90 Å². The Kier molecular flexibility index (Phi) is 4.78. The van der Waals surface area contributed by atoms with Crippen LogP contribution in [0.4, 0.5) is 0 Å². The van der Waals surface area contributed by atoms with E-state index in [1.165, 1.54) is 11.6 Å². The molecular weight excluding hydrogens is 390 g/mol. The van der Waals surface area contributed by atoms with Crippen LogP contribution in [0.1, 0.15) is 24.5 Å². The van der Waals surface area contributed by atoms with Gasteiger partial charge in [-0.1, -0.05) is 61.2 Å². The maximum absolute atomic E-state index is 13.0. The zero-order valence-corrected chi connectivity index (χ0v) is 17.5. The van der Waals surface area contributed by atoms with Crippen LogP contribution in [0.25, 0.3) is 16.7 Å². The first kappa shape index (κ1) is 19.8. The minimum atomic E-state index is -0.750. The Balaban J connectivity index is 1.61. The van der Waals surface area contributed by atoms with Gasteiger partial charge in [0.25, 0.3) is 0 Å². The van der Waals surface area contributed by atoms with Crippen LogP contribution in [0.2, 0.25) is 0 Å². The number of aliphatic hydroxyl groups is 1. The molecule has 0 saturated carbocycles. The highest BCUT2D eigenvalue weighted by molar-refractivity contribution is 6.08. The van der Waals surface area contributed by atoms with E-state index in [0.717, 1.165) is 35.1 Å². The van der Waals surface area contributed by atoms with E-state index in [1.54, 1.807) is 11.8 Å². The number of hydrogen-bond donors (Lipinski definition) is 1. The highest BCUT2D eigenvalue weighted by Crippen LogP contribution is 2.55. The van der Waals surface area contributed by atoms with E-state index in [1.807, 2.05) is 18.2 Å². The molecule has 3 unspecified atom stereocenters. The van der Waals surface area contributed by atoms with Crippen LogP contribution in [-0.4, -0.2) is 40.6 Å². The Hall–Kier alpha value is -3.18. The van der Waals surface area contributed by atoms with Gasteiger partial charge in [-0.3, -0.25) is 4.79 Å². The molecule has 31 heavy (non-hydrogen) atoms. The van der Waals surface area contributed by atoms with Crippen molar-refractivity contribution in [3.63, 3.8) is 0 Å². The van der Waals surface area contributed by atoms with Gasteiger partial charge >= 0.3 is 5.97 Å². The second kappa shape index (κ2) is 7.50. The Morgan fingerprint density at radius 3 is 2.74 bits per heavy atom. The summed E-state index contributed by atoms with van der Waals surface area (Å²) in [7, 11) is 0. The lowest BCUT2D eigenvalue weighted by molar-refractivity contribution is -0.164. The number of amides is 1. The summed E-state index contributed by atoms with van der Waals surface area (Å²) in [6, 6.07) is 16.3.